The van der Waals surface area contributed by atoms with Gasteiger partial charge in [0.15, 0.2) is 11.5 Å². The van der Waals surface area contributed by atoms with Gasteiger partial charge >= 0.3 is 5.97 Å². The number of carbonyl (C=O) groups is 1. The van der Waals surface area contributed by atoms with Gasteiger partial charge in [-0.05, 0) is 48.1 Å². The van der Waals surface area contributed by atoms with Crippen LogP contribution in [-0.4, -0.2) is 34.2 Å². The molecule has 0 aliphatic rings. The van der Waals surface area contributed by atoms with Crippen molar-refractivity contribution >= 4 is 24.4 Å². The molecule has 26 heavy (non-hydrogen) atoms. The second kappa shape index (κ2) is 7.70. The summed E-state index contributed by atoms with van der Waals surface area (Å²) >= 11 is 4.99. The summed E-state index contributed by atoms with van der Waals surface area (Å²) in [6.07, 6.45) is 2.97. The van der Waals surface area contributed by atoms with Gasteiger partial charge in [0, 0.05) is 0 Å². The van der Waals surface area contributed by atoms with Gasteiger partial charge in [0.05, 0.1) is 18.9 Å². The molecule has 3 rings (SSSR count). The Bertz CT molecular complexity index is 1030. The summed E-state index contributed by atoms with van der Waals surface area (Å²) < 4.78 is 25.9. The summed E-state index contributed by atoms with van der Waals surface area (Å²) in [5.41, 5.74) is 0.519. The van der Waals surface area contributed by atoms with E-state index >= 15 is 0 Å². The van der Waals surface area contributed by atoms with Gasteiger partial charge in [0.1, 0.15) is 12.1 Å². The number of nitrogens with one attached hydrogen (secondary N) is 1. The lowest BCUT2D eigenvalue weighted by Gasteiger charge is -2.10. The van der Waals surface area contributed by atoms with Crippen molar-refractivity contribution < 1.29 is 18.7 Å². The summed E-state index contributed by atoms with van der Waals surface area (Å²) in [7, 11) is 1.43. The zero-order valence-corrected chi connectivity index (χ0v) is 14.4. The minimum Gasteiger partial charge on any atom is -0.493 e. The molecule has 0 aliphatic heterocycles. The number of ether oxygens (including phenoxy) is 2. The molecule has 1 heterocycles. The zero-order chi connectivity index (χ0) is 18.5. The van der Waals surface area contributed by atoms with Crippen LogP contribution < -0.4 is 9.47 Å². The van der Waals surface area contributed by atoms with Gasteiger partial charge in [-0.3, -0.25) is 5.10 Å². The Labute approximate surface area is 152 Å². The molecule has 0 radical (unpaired) electrons. The van der Waals surface area contributed by atoms with Crippen LogP contribution in [0.25, 0.3) is 0 Å². The summed E-state index contributed by atoms with van der Waals surface area (Å²) in [5.74, 6) is -1.00. The van der Waals surface area contributed by atoms with Crippen LogP contribution in [0.5, 0.6) is 11.5 Å². The van der Waals surface area contributed by atoms with Gasteiger partial charge in [-0.1, -0.05) is 12.1 Å². The van der Waals surface area contributed by atoms with Crippen LogP contribution >= 0.6 is 12.2 Å². The second-order valence-corrected chi connectivity index (χ2v) is 5.42. The maximum atomic E-state index is 13.7. The number of benzene rings is 2. The standard InChI is InChI=1S/C17H13FN4O3S/c1-24-15-8-11(9-20-22-10-19-21-17(22)26)6-7-14(15)25-16(23)12-4-2-3-5-13(12)18/h2-10H,1H3,(H,21,26)/b20-9-. The van der Waals surface area contributed by atoms with E-state index in [9.17, 15) is 9.18 Å². The number of halogens is 1. The molecule has 132 valence electrons. The number of rotatable bonds is 5. The first-order valence-electron chi connectivity index (χ1n) is 7.39. The highest BCUT2D eigenvalue weighted by atomic mass is 32.1. The molecule has 1 aromatic heterocycles. The average Bonchev–Trinajstić information content (AvgIpc) is 3.06. The largest absolute Gasteiger partial charge is 0.493 e. The third-order valence-electron chi connectivity index (χ3n) is 3.35. The smallest absolute Gasteiger partial charge is 0.346 e. The highest BCUT2D eigenvalue weighted by Crippen LogP contribution is 2.28. The first-order valence-corrected chi connectivity index (χ1v) is 7.80. The van der Waals surface area contributed by atoms with Crippen LogP contribution in [0.2, 0.25) is 0 Å². The molecule has 2 aromatic carbocycles. The van der Waals surface area contributed by atoms with Gasteiger partial charge < -0.3 is 9.47 Å². The van der Waals surface area contributed by atoms with E-state index < -0.39 is 11.8 Å². The zero-order valence-electron chi connectivity index (χ0n) is 13.5. The molecule has 0 saturated heterocycles. The topological polar surface area (TPSA) is 81.5 Å². The fourth-order valence-corrected chi connectivity index (χ4v) is 2.23. The molecule has 0 spiro atoms. The van der Waals surface area contributed by atoms with E-state index in [0.29, 0.717) is 16.1 Å². The van der Waals surface area contributed by atoms with E-state index in [1.807, 2.05) is 0 Å². The molecule has 0 bridgehead atoms. The number of H-pyrrole nitrogens is 1. The van der Waals surface area contributed by atoms with Crippen molar-refractivity contribution in [1.29, 1.82) is 0 Å². The predicted molar refractivity (Wildman–Crippen MR) is 94.8 cm³/mol. The fraction of sp³-hybridized carbons (Fsp3) is 0.0588. The van der Waals surface area contributed by atoms with Gasteiger partial charge in [0.2, 0.25) is 4.77 Å². The Balaban J connectivity index is 1.82. The summed E-state index contributed by atoms with van der Waals surface area (Å²) in [6, 6.07) is 10.4. The van der Waals surface area contributed by atoms with Crippen molar-refractivity contribution in [3.05, 3.63) is 70.5 Å². The van der Waals surface area contributed by atoms with Crippen molar-refractivity contribution in [3.63, 3.8) is 0 Å². The third-order valence-corrected chi connectivity index (χ3v) is 3.63. The highest BCUT2D eigenvalue weighted by Gasteiger charge is 2.16. The summed E-state index contributed by atoms with van der Waals surface area (Å²) in [5, 5.41) is 10.5. The summed E-state index contributed by atoms with van der Waals surface area (Å²) in [6.45, 7) is 0. The maximum Gasteiger partial charge on any atom is 0.346 e. The van der Waals surface area contributed by atoms with E-state index in [-0.39, 0.29) is 11.3 Å². The molecule has 0 saturated carbocycles. The molecule has 3 aromatic rings. The van der Waals surface area contributed by atoms with Crippen LogP contribution in [0.1, 0.15) is 15.9 Å². The Morgan fingerprint density at radius 1 is 1.31 bits per heavy atom. The monoisotopic (exact) mass is 372 g/mol. The molecule has 7 nitrogen and oxygen atoms in total. The first kappa shape index (κ1) is 17.5. The van der Waals surface area contributed by atoms with E-state index in [4.69, 9.17) is 21.7 Å². The molecule has 0 aliphatic carbocycles. The average molecular weight is 372 g/mol. The Kier molecular flexibility index (Phi) is 5.18. The molecule has 9 heteroatoms. The number of hydrogen-bond donors (Lipinski definition) is 1. The van der Waals surface area contributed by atoms with E-state index in [1.54, 1.807) is 18.2 Å². The van der Waals surface area contributed by atoms with Crippen molar-refractivity contribution in [2.24, 2.45) is 5.10 Å². The molecule has 0 unspecified atom stereocenters. The number of methoxy groups -OCH3 is 1. The highest BCUT2D eigenvalue weighted by molar-refractivity contribution is 7.71. The first-order chi connectivity index (χ1) is 12.6. The van der Waals surface area contributed by atoms with Crippen molar-refractivity contribution in [2.75, 3.05) is 7.11 Å². The van der Waals surface area contributed by atoms with Gasteiger partial charge in [-0.15, -0.1) is 0 Å². The molecule has 1 N–H and O–H groups in total. The van der Waals surface area contributed by atoms with Crippen LogP contribution in [-0.2, 0) is 0 Å². The minimum atomic E-state index is -0.812. The van der Waals surface area contributed by atoms with Crippen LogP contribution in [0, 0.1) is 10.6 Å². The van der Waals surface area contributed by atoms with Crippen LogP contribution in [0.3, 0.4) is 0 Å². The minimum absolute atomic E-state index is 0.158. The van der Waals surface area contributed by atoms with Gasteiger partial charge in [0.25, 0.3) is 0 Å². The molecule has 0 amide bonds. The van der Waals surface area contributed by atoms with E-state index in [1.165, 1.54) is 48.6 Å². The second-order valence-electron chi connectivity index (χ2n) is 5.03. The lowest BCUT2D eigenvalue weighted by molar-refractivity contribution is 0.0725. The maximum absolute atomic E-state index is 13.7. The van der Waals surface area contributed by atoms with Crippen molar-refractivity contribution in [3.8, 4) is 11.5 Å². The Morgan fingerprint density at radius 2 is 2.12 bits per heavy atom. The predicted octanol–water partition coefficient (Wildman–Crippen LogP) is 3.19. The number of nitrogens with zero attached hydrogens (tertiary/aromatic N) is 3. The normalized spacial score (nSPS) is 10.8. The number of aromatic amines is 1. The van der Waals surface area contributed by atoms with Crippen molar-refractivity contribution in [2.45, 2.75) is 0 Å². The molecule has 0 fully saturated rings. The lowest BCUT2D eigenvalue weighted by Crippen LogP contribution is -2.11. The number of aromatic nitrogens is 3. The van der Waals surface area contributed by atoms with E-state index in [0.717, 1.165) is 0 Å². The SMILES string of the molecule is COc1cc(/C=N\n2cn[nH]c2=S)ccc1OC(=O)c1ccccc1F. The number of hydrogen-bond acceptors (Lipinski definition) is 6. The Morgan fingerprint density at radius 3 is 2.81 bits per heavy atom. The van der Waals surface area contributed by atoms with Crippen LogP contribution in [0.15, 0.2) is 53.9 Å². The lowest BCUT2D eigenvalue weighted by atomic mass is 10.2. The van der Waals surface area contributed by atoms with Crippen LogP contribution in [0.4, 0.5) is 4.39 Å². The summed E-state index contributed by atoms with van der Waals surface area (Å²) in [4.78, 5) is 12.1. The van der Waals surface area contributed by atoms with Gasteiger partial charge in [-0.2, -0.15) is 14.9 Å². The quantitative estimate of drug-likeness (QED) is 0.322. The Hall–Kier alpha value is -3.33. The van der Waals surface area contributed by atoms with E-state index in [2.05, 4.69) is 15.3 Å². The molecular weight excluding hydrogens is 359 g/mol. The number of carbonyl (C=O) groups excluding carboxylic acids is 1. The third kappa shape index (κ3) is 3.83. The van der Waals surface area contributed by atoms with Crippen molar-refractivity contribution in [1.82, 2.24) is 14.9 Å². The molecule has 0 atom stereocenters. The fourth-order valence-electron chi connectivity index (χ4n) is 2.08. The number of esters is 1. The van der Waals surface area contributed by atoms with Gasteiger partial charge in [-0.25, -0.2) is 9.18 Å². The molecular formula is C17H13FN4O3S.